The molecule has 0 radical (unpaired) electrons. The van der Waals surface area contributed by atoms with Crippen LogP contribution in [-0.2, 0) is 25.9 Å². The second kappa shape index (κ2) is 8.10. The van der Waals surface area contributed by atoms with E-state index in [2.05, 4.69) is 10.5 Å². The normalized spacial score (nSPS) is 17.5. The third-order valence-corrected chi connectivity index (χ3v) is 4.92. The predicted molar refractivity (Wildman–Crippen MR) is 102 cm³/mol. The van der Waals surface area contributed by atoms with Crippen LogP contribution in [0, 0.1) is 0 Å². The van der Waals surface area contributed by atoms with Crippen molar-refractivity contribution in [1.82, 2.24) is 5.16 Å². The van der Waals surface area contributed by atoms with Crippen LogP contribution in [0.3, 0.4) is 0 Å². The van der Waals surface area contributed by atoms with Crippen molar-refractivity contribution in [2.75, 3.05) is 23.9 Å². The fourth-order valence-electron chi connectivity index (χ4n) is 3.36. The highest BCUT2D eigenvalue weighted by atomic mass is 19.4. The molecule has 2 aromatic rings. The van der Waals surface area contributed by atoms with Gasteiger partial charge in [-0.25, -0.2) is 0 Å². The highest BCUT2D eigenvalue weighted by Crippen LogP contribution is 2.33. The third kappa shape index (κ3) is 4.48. The van der Waals surface area contributed by atoms with Gasteiger partial charge in [-0.05, 0) is 30.7 Å². The van der Waals surface area contributed by atoms with Gasteiger partial charge in [0, 0.05) is 30.7 Å². The molecule has 10 heteroatoms. The summed E-state index contributed by atoms with van der Waals surface area (Å²) in [5, 5.41) is 6.46. The second-order valence-corrected chi connectivity index (χ2v) is 7.75. The van der Waals surface area contributed by atoms with Crippen molar-refractivity contribution in [3.8, 4) is 0 Å². The topological polar surface area (TPSA) is 84.7 Å². The maximum atomic E-state index is 12.8. The van der Waals surface area contributed by atoms with E-state index in [-0.39, 0.29) is 30.3 Å². The second-order valence-electron chi connectivity index (χ2n) is 7.75. The van der Waals surface area contributed by atoms with Gasteiger partial charge in [0.05, 0.1) is 12.2 Å². The minimum absolute atomic E-state index is 0.115. The number of carbonyl (C=O) groups is 2. The number of halogens is 3. The number of aromatic nitrogens is 1. The molecule has 3 rings (SSSR count). The van der Waals surface area contributed by atoms with Crippen molar-refractivity contribution in [3.05, 3.63) is 41.7 Å². The number of hydrogen-bond donors (Lipinski definition) is 1. The average molecular weight is 425 g/mol. The Hall–Kier alpha value is -2.88. The molecule has 1 unspecified atom stereocenters. The van der Waals surface area contributed by atoms with Crippen LogP contribution in [0.5, 0.6) is 0 Å². The number of carbonyl (C=O) groups excluding carboxylic acids is 2. The lowest BCUT2D eigenvalue weighted by Crippen LogP contribution is -2.41. The fraction of sp³-hybridized carbons (Fsp3) is 0.450. The molecule has 0 saturated carbocycles. The summed E-state index contributed by atoms with van der Waals surface area (Å²) < 4.78 is 48.8. The number of anilines is 2. The molecule has 2 amide bonds. The smallest absolute Gasteiger partial charge is 0.384 e. The van der Waals surface area contributed by atoms with Crippen LogP contribution in [0.15, 0.2) is 34.9 Å². The Balaban J connectivity index is 1.75. The molecule has 1 N–H and O–H groups in total. The van der Waals surface area contributed by atoms with Gasteiger partial charge in [0.15, 0.2) is 5.82 Å². The van der Waals surface area contributed by atoms with E-state index < -0.39 is 29.1 Å². The summed E-state index contributed by atoms with van der Waals surface area (Å²) in [6, 6.07) is 4.87. The Labute approximate surface area is 171 Å². The summed E-state index contributed by atoms with van der Waals surface area (Å²) in [6.45, 7) is 4.17. The first-order valence-electron chi connectivity index (χ1n) is 9.29. The summed E-state index contributed by atoms with van der Waals surface area (Å²) >= 11 is 0. The highest BCUT2D eigenvalue weighted by molar-refractivity contribution is 6.07. The van der Waals surface area contributed by atoms with E-state index in [1.807, 2.05) is 13.8 Å². The number of nitrogens with one attached hydrogen (secondary N) is 1. The van der Waals surface area contributed by atoms with Crippen LogP contribution >= 0.6 is 0 Å². The largest absolute Gasteiger partial charge is 0.416 e. The molecular weight excluding hydrogens is 403 g/mol. The number of nitrogens with zero attached hydrogens (tertiary/aromatic N) is 2. The molecule has 1 atom stereocenters. The van der Waals surface area contributed by atoms with Crippen molar-refractivity contribution in [1.29, 1.82) is 0 Å². The molecule has 1 fully saturated rings. The molecular formula is C20H22F3N3O4. The summed E-state index contributed by atoms with van der Waals surface area (Å²) in [7, 11) is 1.56. The average Bonchev–Trinajstić information content (AvgIpc) is 3.28. The first-order chi connectivity index (χ1) is 14.0. The number of benzene rings is 1. The zero-order valence-electron chi connectivity index (χ0n) is 16.7. The predicted octanol–water partition coefficient (Wildman–Crippen LogP) is 3.75. The van der Waals surface area contributed by atoms with E-state index in [9.17, 15) is 22.8 Å². The molecule has 1 aliphatic heterocycles. The van der Waals surface area contributed by atoms with Gasteiger partial charge in [-0.1, -0.05) is 19.0 Å². The zero-order chi connectivity index (χ0) is 22.1. The number of amides is 2. The SMILES string of the molecule is COCC(C)(C)c1cc(NC(=O)C2CCC(=O)N2c2ccc(C(F)(F)F)cc2)no1. The minimum Gasteiger partial charge on any atom is -0.384 e. The van der Waals surface area contributed by atoms with E-state index in [0.717, 1.165) is 12.1 Å². The van der Waals surface area contributed by atoms with Gasteiger partial charge in [0.1, 0.15) is 11.8 Å². The lowest BCUT2D eigenvalue weighted by atomic mass is 9.91. The van der Waals surface area contributed by atoms with E-state index >= 15 is 0 Å². The Kier molecular flexibility index (Phi) is 5.89. The molecule has 1 saturated heterocycles. The molecule has 1 aliphatic rings. The van der Waals surface area contributed by atoms with E-state index in [4.69, 9.17) is 9.26 Å². The van der Waals surface area contributed by atoms with Crippen molar-refractivity contribution >= 4 is 23.3 Å². The standard InChI is InChI=1S/C20H22F3N3O4/c1-19(2,11-29-3)15-10-16(25-30-15)24-18(28)14-8-9-17(27)26(14)13-6-4-12(5-7-13)20(21,22)23/h4-7,10,14H,8-9,11H2,1-3H3,(H,24,25,28). The number of hydrogen-bond acceptors (Lipinski definition) is 5. The first kappa shape index (κ1) is 21.8. The highest BCUT2D eigenvalue weighted by Gasteiger charge is 2.38. The van der Waals surface area contributed by atoms with Gasteiger partial charge < -0.3 is 14.6 Å². The van der Waals surface area contributed by atoms with Crippen LogP contribution < -0.4 is 10.2 Å². The van der Waals surface area contributed by atoms with Crippen molar-refractivity contribution < 1.29 is 32.0 Å². The Bertz CT molecular complexity index is 922. The molecule has 1 aromatic carbocycles. The van der Waals surface area contributed by atoms with Gasteiger partial charge in [0.2, 0.25) is 11.8 Å². The van der Waals surface area contributed by atoms with E-state index in [1.165, 1.54) is 17.0 Å². The van der Waals surface area contributed by atoms with Gasteiger partial charge >= 0.3 is 6.18 Å². The first-order valence-corrected chi connectivity index (χ1v) is 9.29. The maximum absolute atomic E-state index is 12.8. The van der Waals surface area contributed by atoms with Gasteiger partial charge in [-0.3, -0.25) is 14.5 Å². The molecule has 2 heterocycles. The molecule has 7 nitrogen and oxygen atoms in total. The van der Waals surface area contributed by atoms with Gasteiger partial charge in [0.25, 0.3) is 0 Å². The molecule has 0 spiro atoms. The Morgan fingerprint density at radius 2 is 1.97 bits per heavy atom. The lowest BCUT2D eigenvalue weighted by Gasteiger charge is -2.24. The summed E-state index contributed by atoms with van der Waals surface area (Å²) in [4.78, 5) is 26.3. The summed E-state index contributed by atoms with van der Waals surface area (Å²) in [6.07, 6.45) is -4.12. The van der Waals surface area contributed by atoms with Crippen LogP contribution in [0.2, 0.25) is 0 Å². The number of ether oxygens (including phenoxy) is 1. The van der Waals surface area contributed by atoms with Crippen LogP contribution in [0.1, 0.15) is 38.0 Å². The molecule has 1 aromatic heterocycles. The van der Waals surface area contributed by atoms with Gasteiger partial charge in [-0.15, -0.1) is 0 Å². The fourth-order valence-corrected chi connectivity index (χ4v) is 3.36. The van der Waals surface area contributed by atoms with Gasteiger partial charge in [-0.2, -0.15) is 13.2 Å². The van der Waals surface area contributed by atoms with E-state index in [0.29, 0.717) is 12.4 Å². The van der Waals surface area contributed by atoms with Crippen molar-refractivity contribution in [2.24, 2.45) is 0 Å². The maximum Gasteiger partial charge on any atom is 0.416 e. The monoisotopic (exact) mass is 425 g/mol. The summed E-state index contributed by atoms with van der Waals surface area (Å²) in [5.41, 5.74) is -1.05. The van der Waals surface area contributed by atoms with E-state index in [1.54, 1.807) is 13.2 Å². The quantitative estimate of drug-likeness (QED) is 0.762. The minimum atomic E-state index is -4.48. The van der Waals surface area contributed by atoms with Crippen molar-refractivity contribution in [2.45, 2.75) is 44.3 Å². The Morgan fingerprint density at radius 3 is 2.57 bits per heavy atom. The molecule has 30 heavy (non-hydrogen) atoms. The Morgan fingerprint density at radius 1 is 1.30 bits per heavy atom. The lowest BCUT2D eigenvalue weighted by molar-refractivity contribution is -0.137. The molecule has 162 valence electrons. The third-order valence-electron chi connectivity index (χ3n) is 4.92. The molecule has 0 aliphatic carbocycles. The number of methoxy groups -OCH3 is 1. The number of alkyl halides is 3. The molecule has 0 bridgehead atoms. The summed E-state index contributed by atoms with van der Waals surface area (Å²) in [5.74, 6) is -0.130. The van der Waals surface area contributed by atoms with Crippen molar-refractivity contribution in [3.63, 3.8) is 0 Å². The van der Waals surface area contributed by atoms with Crippen LogP contribution in [0.4, 0.5) is 24.7 Å². The number of rotatable bonds is 6. The zero-order valence-corrected chi connectivity index (χ0v) is 16.7. The van der Waals surface area contributed by atoms with Crippen LogP contribution in [-0.4, -0.2) is 36.7 Å². The van der Waals surface area contributed by atoms with Crippen LogP contribution in [0.25, 0.3) is 0 Å².